The molecule has 0 bridgehead atoms. The van der Waals surface area contributed by atoms with Crippen LogP contribution in [0.25, 0.3) is 22.2 Å². The number of aromatic nitrogens is 6. The van der Waals surface area contributed by atoms with E-state index < -0.39 is 7.92 Å². The van der Waals surface area contributed by atoms with Crippen molar-refractivity contribution >= 4 is 77.1 Å². The number of methoxy groups -OCH3 is 1. The molecule has 0 unspecified atom stereocenters. The number of halogens is 2. The Kier molecular flexibility index (Phi) is 9.46. The van der Waals surface area contributed by atoms with Crippen molar-refractivity contribution in [3.63, 3.8) is 0 Å². The van der Waals surface area contributed by atoms with E-state index in [1.807, 2.05) is 31.6 Å². The summed E-state index contributed by atoms with van der Waals surface area (Å²) in [5, 5.41) is 16.1. The molecule has 0 spiro atoms. The number of anilines is 5. The summed E-state index contributed by atoms with van der Waals surface area (Å²) in [6.07, 6.45) is 8.90. The molecule has 5 aromatic rings. The zero-order valence-corrected chi connectivity index (χ0v) is 26.8. The van der Waals surface area contributed by atoms with Gasteiger partial charge in [0.1, 0.15) is 10.8 Å². The molecule has 43 heavy (non-hydrogen) atoms. The lowest BCUT2D eigenvalue weighted by Gasteiger charge is -2.31. The van der Waals surface area contributed by atoms with Gasteiger partial charge in [-0.05, 0) is 31.5 Å². The van der Waals surface area contributed by atoms with Crippen LogP contribution in [0.5, 0.6) is 5.75 Å². The third-order valence-corrected chi connectivity index (χ3v) is 8.72. The second-order valence-electron chi connectivity index (χ2n) is 10.1. The first-order valence-electron chi connectivity index (χ1n) is 13.6. The molecule has 11 nitrogen and oxygen atoms in total. The van der Waals surface area contributed by atoms with Gasteiger partial charge in [-0.15, -0.1) is 12.4 Å². The van der Waals surface area contributed by atoms with Gasteiger partial charge in [0.2, 0.25) is 5.95 Å². The molecule has 2 aromatic carbocycles. The normalized spacial score (nSPS) is 13.2. The van der Waals surface area contributed by atoms with E-state index in [1.165, 1.54) is 0 Å². The Balaban J connectivity index is 0.00000368. The average molecular weight is 640 g/mol. The van der Waals surface area contributed by atoms with Gasteiger partial charge in [-0.25, -0.2) is 4.98 Å². The lowest BCUT2D eigenvalue weighted by molar-refractivity contribution is 0.416. The number of aryl methyl sites for hydroxylation is 1. The number of fused-ring (bicyclic) bond motifs is 1. The number of benzene rings is 2. The van der Waals surface area contributed by atoms with Gasteiger partial charge in [0.25, 0.3) is 0 Å². The maximum absolute atomic E-state index is 6.59. The zero-order valence-electron chi connectivity index (χ0n) is 24.3. The van der Waals surface area contributed by atoms with Crippen LogP contribution < -0.4 is 30.9 Å². The highest BCUT2D eigenvalue weighted by atomic mass is 35.5. The van der Waals surface area contributed by atoms with E-state index in [0.29, 0.717) is 22.5 Å². The third-order valence-electron chi connectivity index (χ3n) is 7.10. The van der Waals surface area contributed by atoms with Gasteiger partial charge in [-0.1, -0.05) is 19.5 Å². The smallest absolute Gasteiger partial charge is 0.229 e. The van der Waals surface area contributed by atoms with Crippen LogP contribution in [0.4, 0.5) is 28.8 Å². The molecule has 1 aliphatic heterocycles. The van der Waals surface area contributed by atoms with Crippen LogP contribution in [0.3, 0.4) is 0 Å². The number of piperazine rings is 1. The Bertz CT molecular complexity index is 1740. The Morgan fingerprint density at radius 1 is 1.00 bits per heavy atom. The van der Waals surface area contributed by atoms with Crippen LogP contribution in [0.1, 0.15) is 0 Å². The largest absolute Gasteiger partial charge is 0.494 e. The molecule has 3 N–H and O–H groups in total. The molecule has 1 aliphatic rings. The van der Waals surface area contributed by atoms with Crippen LogP contribution >= 0.6 is 31.9 Å². The molecule has 1 fully saturated rings. The predicted octanol–water partition coefficient (Wildman–Crippen LogP) is 5.17. The Morgan fingerprint density at radius 3 is 2.51 bits per heavy atom. The molecule has 0 radical (unpaired) electrons. The van der Waals surface area contributed by atoms with Crippen molar-refractivity contribution in [1.82, 2.24) is 35.0 Å². The summed E-state index contributed by atoms with van der Waals surface area (Å²) in [5.74, 6) is 1.55. The van der Waals surface area contributed by atoms with Crippen molar-refractivity contribution < 1.29 is 4.74 Å². The van der Waals surface area contributed by atoms with Crippen LogP contribution in [-0.4, -0.2) is 76.3 Å². The summed E-state index contributed by atoms with van der Waals surface area (Å²) in [6.45, 7) is 8.03. The van der Waals surface area contributed by atoms with Crippen LogP contribution in [-0.2, 0) is 7.05 Å². The Labute approximate surface area is 262 Å². The summed E-state index contributed by atoms with van der Waals surface area (Å²) in [5.41, 5.74) is 6.50. The zero-order chi connectivity index (χ0) is 29.2. The van der Waals surface area contributed by atoms with E-state index >= 15 is 0 Å². The van der Waals surface area contributed by atoms with E-state index in [1.54, 1.807) is 30.4 Å². The SMILES string of the molecule is COc1cc(N2CCNCC2)c(-c2cnn(C)c2)cc1Nc1ncc(Cl)c(Nc2ccc3nccnc3c2P(C)C)n1.Cl. The number of rotatable bonds is 8. The van der Waals surface area contributed by atoms with E-state index in [0.717, 1.165) is 70.7 Å². The maximum Gasteiger partial charge on any atom is 0.229 e. The van der Waals surface area contributed by atoms with Crippen molar-refractivity contribution in [1.29, 1.82) is 0 Å². The van der Waals surface area contributed by atoms with Crippen molar-refractivity contribution in [3.8, 4) is 16.9 Å². The molecule has 0 aliphatic carbocycles. The number of ether oxygens (including phenoxy) is 1. The summed E-state index contributed by atoms with van der Waals surface area (Å²) in [6, 6.07) is 8.09. The fraction of sp³-hybridized carbons (Fsp3) is 0.276. The quantitative estimate of drug-likeness (QED) is 0.197. The molecule has 4 heterocycles. The number of hydrogen-bond donors (Lipinski definition) is 3. The van der Waals surface area contributed by atoms with E-state index in [4.69, 9.17) is 21.3 Å². The molecule has 0 atom stereocenters. The number of nitrogens with one attached hydrogen (secondary N) is 3. The summed E-state index contributed by atoms with van der Waals surface area (Å²) in [4.78, 5) is 20.7. The van der Waals surface area contributed by atoms with Gasteiger partial charge in [0.05, 0.1) is 36.2 Å². The first-order chi connectivity index (χ1) is 20.4. The van der Waals surface area contributed by atoms with Gasteiger partial charge in [-0.3, -0.25) is 14.6 Å². The van der Waals surface area contributed by atoms with Crippen LogP contribution in [0.2, 0.25) is 5.02 Å². The highest BCUT2D eigenvalue weighted by Gasteiger charge is 2.21. The fourth-order valence-corrected chi connectivity index (χ4v) is 6.48. The maximum atomic E-state index is 6.59. The second kappa shape index (κ2) is 13.3. The standard InChI is InChI=1S/C29H32ClN10OP.ClH/c1-39-17-18(15-35-39)19-13-23(25(41-2)14-24(19)40-11-9-31-10-12-40)37-29-34-16-20(30)28(38-29)36-22-6-5-21-26(27(22)42(3)4)33-8-7-32-21;/h5-8,13-17,31H,9-12H2,1-4H3,(H2,34,36,37,38);1H. The molecular weight excluding hydrogens is 606 g/mol. The minimum Gasteiger partial charge on any atom is -0.494 e. The monoisotopic (exact) mass is 638 g/mol. The second-order valence-corrected chi connectivity index (χ2v) is 12.8. The number of hydrogen-bond acceptors (Lipinski definition) is 10. The van der Waals surface area contributed by atoms with Crippen molar-refractivity contribution in [3.05, 3.63) is 60.3 Å². The first-order valence-corrected chi connectivity index (χ1v) is 16.2. The lowest BCUT2D eigenvalue weighted by Crippen LogP contribution is -2.43. The minimum absolute atomic E-state index is 0. The van der Waals surface area contributed by atoms with E-state index in [-0.39, 0.29) is 12.4 Å². The molecule has 3 aromatic heterocycles. The van der Waals surface area contributed by atoms with Gasteiger partial charge >= 0.3 is 0 Å². The molecule has 224 valence electrons. The van der Waals surface area contributed by atoms with Gasteiger partial charge in [0, 0.05) is 85.7 Å². The average Bonchev–Trinajstić information content (AvgIpc) is 3.44. The van der Waals surface area contributed by atoms with Gasteiger partial charge in [-0.2, -0.15) is 10.1 Å². The topological polar surface area (TPSA) is 118 Å². The van der Waals surface area contributed by atoms with Crippen molar-refractivity contribution in [2.75, 3.05) is 62.2 Å². The lowest BCUT2D eigenvalue weighted by atomic mass is 10.0. The van der Waals surface area contributed by atoms with E-state index in [9.17, 15) is 0 Å². The Morgan fingerprint density at radius 2 is 1.79 bits per heavy atom. The van der Waals surface area contributed by atoms with Crippen LogP contribution in [0.15, 0.2) is 55.2 Å². The molecular formula is C29H33Cl2N10OP. The van der Waals surface area contributed by atoms with Gasteiger partial charge in [0.15, 0.2) is 5.82 Å². The first kappa shape index (κ1) is 30.7. The van der Waals surface area contributed by atoms with Crippen molar-refractivity contribution in [2.45, 2.75) is 0 Å². The third kappa shape index (κ3) is 6.45. The highest BCUT2D eigenvalue weighted by Crippen LogP contribution is 2.41. The molecule has 6 rings (SSSR count). The highest BCUT2D eigenvalue weighted by molar-refractivity contribution is 7.65. The van der Waals surface area contributed by atoms with Crippen molar-refractivity contribution in [2.24, 2.45) is 7.05 Å². The summed E-state index contributed by atoms with van der Waals surface area (Å²) < 4.78 is 7.65. The van der Waals surface area contributed by atoms with Gasteiger partial charge < -0.3 is 25.6 Å². The van der Waals surface area contributed by atoms with E-state index in [2.05, 4.69) is 66.4 Å². The number of nitrogens with zero attached hydrogens (tertiary/aromatic N) is 7. The predicted molar refractivity (Wildman–Crippen MR) is 179 cm³/mol. The summed E-state index contributed by atoms with van der Waals surface area (Å²) in [7, 11) is 3.08. The molecule has 1 saturated heterocycles. The van der Waals surface area contributed by atoms with Crippen LogP contribution in [0, 0.1) is 0 Å². The minimum atomic E-state index is -0.508. The Hall–Kier alpha value is -3.76. The molecule has 0 amide bonds. The molecule has 0 saturated carbocycles. The summed E-state index contributed by atoms with van der Waals surface area (Å²) >= 11 is 6.59. The fourth-order valence-electron chi connectivity index (χ4n) is 5.13. The molecule has 14 heteroatoms.